The number of ether oxygens (including phenoxy) is 1. The van der Waals surface area contributed by atoms with Gasteiger partial charge in [0.1, 0.15) is 5.75 Å². The van der Waals surface area contributed by atoms with Gasteiger partial charge in [-0.3, -0.25) is 10.1 Å². The maximum absolute atomic E-state index is 12.3. The first kappa shape index (κ1) is 18.8. The Morgan fingerprint density at radius 1 is 1.31 bits per heavy atom. The summed E-state index contributed by atoms with van der Waals surface area (Å²) >= 11 is 1.32. The molecule has 1 amide bonds. The normalized spacial score (nSPS) is 14.9. The van der Waals surface area contributed by atoms with E-state index in [2.05, 4.69) is 10.3 Å². The van der Waals surface area contributed by atoms with E-state index < -0.39 is 15.3 Å². The number of hydrogen-bond acceptors (Lipinski definition) is 6. The Balaban J connectivity index is 1.72. The van der Waals surface area contributed by atoms with Gasteiger partial charge in [-0.1, -0.05) is 0 Å². The summed E-state index contributed by atoms with van der Waals surface area (Å²) in [7, 11) is -1.73. The molecule has 0 unspecified atom stereocenters. The predicted molar refractivity (Wildman–Crippen MR) is 101 cm³/mol. The third-order valence-corrected chi connectivity index (χ3v) is 7.45. The van der Waals surface area contributed by atoms with Crippen LogP contribution in [0.2, 0.25) is 0 Å². The molecule has 0 bridgehead atoms. The number of nitrogens with one attached hydrogen (secondary N) is 1. The molecule has 1 aliphatic rings. The Labute approximate surface area is 157 Å². The van der Waals surface area contributed by atoms with Gasteiger partial charge in [-0.25, -0.2) is 13.4 Å². The second-order valence-corrected chi connectivity index (χ2v) is 9.82. The van der Waals surface area contributed by atoms with Gasteiger partial charge in [-0.05, 0) is 38.1 Å². The molecule has 3 rings (SSSR count). The topological polar surface area (TPSA) is 88.6 Å². The van der Waals surface area contributed by atoms with Crippen LogP contribution in [0.25, 0.3) is 0 Å². The van der Waals surface area contributed by atoms with Crippen LogP contribution in [0.5, 0.6) is 5.75 Å². The SMILES string of the molecule is COc1ccc(C(=O)Nc2nc3c(s2)CN(S(=O)(=O)C(C)C)CC3)cc1. The maximum atomic E-state index is 12.3. The number of benzene rings is 1. The number of anilines is 1. The highest BCUT2D eigenvalue weighted by Gasteiger charge is 2.31. The molecule has 26 heavy (non-hydrogen) atoms. The zero-order chi connectivity index (χ0) is 18.9. The highest BCUT2D eigenvalue weighted by Crippen LogP contribution is 2.30. The number of nitrogens with zero attached hydrogens (tertiary/aromatic N) is 2. The van der Waals surface area contributed by atoms with Crippen molar-refractivity contribution >= 4 is 32.4 Å². The van der Waals surface area contributed by atoms with Crippen molar-refractivity contribution in [3.05, 3.63) is 40.4 Å². The van der Waals surface area contributed by atoms with Crippen molar-refractivity contribution in [3.8, 4) is 5.75 Å². The number of aromatic nitrogens is 1. The van der Waals surface area contributed by atoms with Crippen LogP contribution in [0.15, 0.2) is 24.3 Å². The van der Waals surface area contributed by atoms with Gasteiger partial charge < -0.3 is 4.74 Å². The van der Waals surface area contributed by atoms with Crippen LogP contribution >= 0.6 is 11.3 Å². The lowest BCUT2D eigenvalue weighted by Gasteiger charge is -2.26. The molecule has 9 heteroatoms. The first-order valence-corrected chi connectivity index (χ1v) is 10.6. The summed E-state index contributed by atoms with van der Waals surface area (Å²) in [5.74, 6) is 0.420. The van der Waals surface area contributed by atoms with Crippen molar-refractivity contribution in [2.24, 2.45) is 0 Å². The van der Waals surface area contributed by atoms with E-state index in [0.29, 0.717) is 36.0 Å². The number of fused-ring (bicyclic) bond motifs is 1. The van der Waals surface area contributed by atoms with Gasteiger partial charge in [0.25, 0.3) is 5.91 Å². The smallest absolute Gasteiger partial charge is 0.257 e. The predicted octanol–water partition coefficient (Wildman–Crippen LogP) is 2.50. The number of amides is 1. The average Bonchev–Trinajstić information content (AvgIpc) is 3.02. The highest BCUT2D eigenvalue weighted by molar-refractivity contribution is 7.89. The standard InChI is InChI=1S/C17H21N3O4S2/c1-11(2)26(22,23)20-9-8-14-15(10-20)25-17(18-14)19-16(21)12-4-6-13(24-3)7-5-12/h4-7,11H,8-10H2,1-3H3,(H,18,19,21). The third kappa shape index (κ3) is 3.74. The summed E-state index contributed by atoms with van der Waals surface area (Å²) in [5, 5.41) is 2.82. The van der Waals surface area contributed by atoms with Crippen molar-refractivity contribution in [3.63, 3.8) is 0 Å². The monoisotopic (exact) mass is 395 g/mol. The van der Waals surface area contributed by atoms with Gasteiger partial charge in [0.05, 0.1) is 18.1 Å². The molecule has 0 radical (unpaired) electrons. The molecule has 0 spiro atoms. The summed E-state index contributed by atoms with van der Waals surface area (Å²) in [4.78, 5) is 17.7. The van der Waals surface area contributed by atoms with E-state index in [-0.39, 0.29) is 5.91 Å². The lowest BCUT2D eigenvalue weighted by atomic mass is 10.2. The number of carbonyl (C=O) groups excluding carboxylic acids is 1. The van der Waals surface area contributed by atoms with Crippen LogP contribution in [0.3, 0.4) is 0 Å². The minimum Gasteiger partial charge on any atom is -0.497 e. The number of thiazole rings is 1. The highest BCUT2D eigenvalue weighted by atomic mass is 32.2. The van der Waals surface area contributed by atoms with E-state index >= 15 is 0 Å². The van der Waals surface area contributed by atoms with Crippen LogP contribution in [-0.4, -0.2) is 42.5 Å². The van der Waals surface area contributed by atoms with E-state index in [1.807, 2.05) is 0 Å². The molecule has 0 aliphatic carbocycles. The fourth-order valence-corrected chi connectivity index (χ4v) is 5.00. The van der Waals surface area contributed by atoms with Gasteiger partial charge >= 0.3 is 0 Å². The van der Waals surface area contributed by atoms with Gasteiger partial charge in [0, 0.05) is 30.0 Å². The average molecular weight is 396 g/mol. The van der Waals surface area contributed by atoms with Crippen molar-refractivity contribution in [2.75, 3.05) is 19.0 Å². The Bertz CT molecular complexity index is 905. The quantitative estimate of drug-likeness (QED) is 0.840. The van der Waals surface area contributed by atoms with Gasteiger partial charge in [0.15, 0.2) is 5.13 Å². The molecule has 2 heterocycles. The summed E-state index contributed by atoms with van der Waals surface area (Å²) in [6.07, 6.45) is 0.552. The van der Waals surface area contributed by atoms with Gasteiger partial charge in [0.2, 0.25) is 10.0 Å². The van der Waals surface area contributed by atoms with E-state index in [0.717, 1.165) is 10.6 Å². The van der Waals surface area contributed by atoms with Crippen molar-refractivity contribution in [1.82, 2.24) is 9.29 Å². The molecule has 140 valence electrons. The molecule has 1 aromatic carbocycles. The Hall–Kier alpha value is -1.97. The summed E-state index contributed by atoms with van der Waals surface area (Å²) in [6.45, 7) is 4.09. The van der Waals surface area contributed by atoms with Gasteiger partial charge in [-0.15, -0.1) is 11.3 Å². The number of carbonyl (C=O) groups is 1. The van der Waals surface area contributed by atoms with Crippen molar-refractivity contribution < 1.29 is 17.9 Å². The van der Waals surface area contributed by atoms with Crippen molar-refractivity contribution in [2.45, 2.75) is 32.1 Å². The molecule has 0 saturated heterocycles. The van der Waals surface area contributed by atoms with Crippen LogP contribution in [0, 0.1) is 0 Å². The molecule has 1 N–H and O–H groups in total. The fraction of sp³-hybridized carbons (Fsp3) is 0.412. The Morgan fingerprint density at radius 3 is 2.62 bits per heavy atom. The van der Waals surface area contributed by atoms with E-state index in [4.69, 9.17) is 4.74 Å². The number of hydrogen-bond donors (Lipinski definition) is 1. The van der Waals surface area contributed by atoms with E-state index in [1.54, 1.807) is 45.2 Å². The van der Waals surface area contributed by atoms with Crippen LogP contribution in [0.4, 0.5) is 5.13 Å². The lowest BCUT2D eigenvalue weighted by molar-refractivity contribution is 0.102. The second-order valence-electron chi connectivity index (χ2n) is 6.25. The third-order valence-electron chi connectivity index (χ3n) is 4.22. The largest absolute Gasteiger partial charge is 0.497 e. The molecular formula is C17H21N3O4S2. The zero-order valence-electron chi connectivity index (χ0n) is 14.9. The summed E-state index contributed by atoms with van der Waals surface area (Å²) in [6, 6.07) is 6.80. The summed E-state index contributed by atoms with van der Waals surface area (Å²) < 4.78 is 31.3. The van der Waals surface area contributed by atoms with E-state index in [1.165, 1.54) is 15.6 Å². The molecule has 1 aromatic heterocycles. The zero-order valence-corrected chi connectivity index (χ0v) is 16.5. The number of rotatable bonds is 5. The minimum atomic E-state index is -3.29. The minimum absolute atomic E-state index is 0.259. The second kappa shape index (κ2) is 7.34. The fourth-order valence-electron chi connectivity index (χ4n) is 2.65. The number of methoxy groups -OCH3 is 1. The summed E-state index contributed by atoms with van der Waals surface area (Å²) in [5.41, 5.74) is 1.36. The lowest BCUT2D eigenvalue weighted by Crippen LogP contribution is -2.39. The molecule has 1 aliphatic heterocycles. The Kier molecular flexibility index (Phi) is 5.31. The Morgan fingerprint density at radius 2 is 2.00 bits per heavy atom. The molecule has 7 nitrogen and oxygen atoms in total. The first-order chi connectivity index (χ1) is 12.3. The molecular weight excluding hydrogens is 374 g/mol. The number of sulfonamides is 1. The van der Waals surface area contributed by atoms with Crippen LogP contribution in [0.1, 0.15) is 34.8 Å². The van der Waals surface area contributed by atoms with Crippen LogP contribution in [-0.2, 0) is 23.0 Å². The van der Waals surface area contributed by atoms with Gasteiger partial charge in [-0.2, -0.15) is 4.31 Å². The van der Waals surface area contributed by atoms with Crippen LogP contribution < -0.4 is 10.1 Å². The molecule has 2 aromatic rings. The van der Waals surface area contributed by atoms with E-state index in [9.17, 15) is 13.2 Å². The molecule has 0 saturated carbocycles. The molecule has 0 fully saturated rings. The first-order valence-electron chi connectivity index (χ1n) is 8.24. The van der Waals surface area contributed by atoms with Crippen molar-refractivity contribution in [1.29, 1.82) is 0 Å². The maximum Gasteiger partial charge on any atom is 0.257 e. The molecule has 0 atom stereocenters.